The molecule has 0 saturated heterocycles. The van der Waals surface area contributed by atoms with Crippen LogP contribution >= 0.6 is 0 Å². The van der Waals surface area contributed by atoms with Crippen molar-refractivity contribution in [2.75, 3.05) is 25.6 Å². The first kappa shape index (κ1) is 28.6. The van der Waals surface area contributed by atoms with Crippen LogP contribution in [-0.2, 0) is 16.1 Å². The van der Waals surface area contributed by atoms with Crippen molar-refractivity contribution in [3.63, 3.8) is 0 Å². The number of aryl methyl sites for hydroxylation is 1. The van der Waals surface area contributed by atoms with Crippen LogP contribution in [0.2, 0.25) is 0 Å². The van der Waals surface area contributed by atoms with Crippen molar-refractivity contribution in [2.45, 2.75) is 65.8 Å². The molecule has 1 heterocycles. The molecule has 4 rings (SSSR count). The van der Waals surface area contributed by atoms with Crippen LogP contribution in [0.25, 0.3) is 22.2 Å². The second kappa shape index (κ2) is 13.1. The van der Waals surface area contributed by atoms with Gasteiger partial charge in [-0.25, -0.2) is 9.78 Å². The molecule has 8 heteroatoms. The van der Waals surface area contributed by atoms with E-state index in [1.54, 1.807) is 0 Å². The lowest BCUT2D eigenvalue weighted by Gasteiger charge is -2.30. The Labute approximate surface area is 230 Å². The third-order valence-corrected chi connectivity index (χ3v) is 8.18. The van der Waals surface area contributed by atoms with Crippen LogP contribution in [0.15, 0.2) is 36.4 Å². The summed E-state index contributed by atoms with van der Waals surface area (Å²) in [5.74, 6) is 0.950. The highest BCUT2D eigenvalue weighted by Crippen LogP contribution is 2.34. The van der Waals surface area contributed by atoms with Crippen LogP contribution in [0, 0.1) is 24.7 Å². The molecule has 3 atom stereocenters. The fourth-order valence-corrected chi connectivity index (χ4v) is 5.71. The Balaban J connectivity index is 1.52. The van der Waals surface area contributed by atoms with Gasteiger partial charge in [0.05, 0.1) is 24.8 Å². The normalized spacial score (nSPS) is 18.4. The summed E-state index contributed by atoms with van der Waals surface area (Å²) in [5.41, 5.74) is 5.87. The monoisotopic (exact) mass is 536 g/mol. The van der Waals surface area contributed by atoms with Crippen LogP contribution < -0.4 is 5.32 Å². The number of fused-ring (bicyclic) bond motifs is 1. The molecular weight excluding hydrogens is 495 g/mol. The van der Waals surface area contributed by atoms with Gasteiger partial charge in [0, 0.05) is 19.0 Å². The Morgan fingerprint density at radius 3 is 2.67 bits per heavy atom. The molecule has 7 nitrogen and oxygen atoms in total. The molecule has 0 aliphatic heterocycles. The molecule has 1 aromatic heterocycles. The summed E-state index contributed by atoms with van der Waals surface area (Å²) in [6, 6.07) is 12.3. The van der Waals surface area contributed by atoms with Crippen molar-refractivity contribution in [1.82, 2.24) is 14.9 Å². The maximum atomic E-state index is 13.7. The highest BCUT2D eigenvalue weighted by Gasteiger charge is 2.30. The first-order chi connectivity index (χ1) is 18.8. The Morgan fingerprint density at radius 2 is 1.92 bits per heavy atom. The number of benzene rings is 2. The molecule has 3 unspecified atom stereocenters. The Bertz CT molecular complexity index is 1290. The number of hydrogen-bond donors (Lipinski definition) is 2. The number of aromatic amines is 1. The van der Waals surface area contributed by atoms with Gasteiger partial charge in [-0.05, 0) is 91.3 Å². The zero-order valence-electron chi connectivity index (χ0n) is 23.6. The van der Waals surface area contributed by atoms with Gasteiger partial charge in [-0.2, -0.15) is 0 Å². The van der Waals surface area contributed by atoms with Gasteiger partial charge in [0.2, 0.25) is 11.9 Å². The number of H-pyrrole nitrogens is 1. The van der Waals surface area contributed by atoms with Crippen LogP contribution in [0.1, 0.15) is 63.5 Å². The number of carbonyl (C=O) groups is 2. The summed E-state index contributed by atoms with van der Waals surface area (Å²) >= 11 is 0. The topological polar surface area (TPSA) is 87.3 Å². The number of halogens is 1. The predicted molar refractivity (Wildman–Crippen MR) is 153 cm³/mol. The van der Waals surface area contributed by atoms with Gasteiger partial charge in [-0.3, -0.25) is 14.5 Å². The lowest BCUT2D eigenvalue weighted by Crippen LogP contribution is -2.38. The second-order valence-corrected chi connectivity index (χ2v) is 10.9. The maximum Gasteiger partial charge on any atom is 0.413 e. The van der Waals surface area contributed by atoms with Crippen LogP contribution in [0.4, 0.5) is 15.1 Å². The summed E-state index contributed by atoms with van der Waals surface area (Å²) < 4.78 is 17.9. The largest absolute Gasteiger partial charge is 0.453 e. The highest BCUT2D eigenvalue weighted by atomic mass is 19.1. The molecule has 3 aromatic rings. The number of alkyl halides is 1. The Kier molecular flexibility index (Phi) is 9.59. The van der Waals surface area contributed by atoms with Crippen molar-refractivity contribution in [3.8, 4) is 11.1 Å². The fraction of sp³-hybridized carbons (Fsp3) is 0.516. The predicted octanol–water partition coefficient (Wildman–Crippen LogP) is 7.26. The van der Waals surface area contributed by atoms with Crippen molar-refractivity contribution >= 4 is 29.0 Å². The van der Waals surface area contributed by atoms with E-state index < -0.39 is 6.09 Å². The van der Waals surface area contributed by atoms with Gasteiger partial charge in [-0.15, -0.1) is 0 Å². The third kappa shape index (κ3) is 6.97. The second-order valence-electron chi connectivity index (χ2n) is 10.9. The number of imidazole rings is 1. The smallest absolute Gasteiger partial charge is 0.413 e. The summed E-state index contributed by atoms with van der Waals surface area (Å²) in [7, 11) is 1.31. The Hall–Kier alpha value is -3.42. The number of aromatic nitrogens is 2. The summed E-state index contributed by atoms with van der Waals surface area (Å²) in [6.45, 7) is 7.29. The van der Waals surface area contributed by atoms with Gasteiger partial charge in [0.25, 0.3) is 0 Å². The third-order valence-electron chi connectivity index (χ3n) is 8.18. The van der Waals surface area contributed by atoms with E-state index in [0.29, 0.717) is 25.0 Å². The molecular formula is C31H41FN4O3. The van der Waals surface area contributed by atoms with Crippen LogP contribution in [0.3, 0.4) is 0 Å². The average Bonchev–Trinajstić information content (AvgIpc) is 3.18. The molecule has 0 bridgehead atoms. The van der Waals surface area contributed by atoms with Crippen molar-refractivity contribution in [2.24, 2.45) is 17.8 Å². The van der Waals surface area contributed by atoms with E-state index in [0.717, 1.165) is 71.8 Å². The van der Waals surface area contributed by atoms with E-state index >= 15 is 0 Å². The molecule has 1 aliphatic rings. The minimum atomic E-state index is -0.582. The zero-order chi connectivity index (χ0) is 27.9. The number of amides is 2. The molecule has 39 heavy (non-hydrogen) atoms. The summed E-state index contributed by atoms with van der Waals surface area (Å²) in [4.78, 5) is 34.8. The van der Waals surface area contributed by atoms with Crippen molar-refractivity contribution in [3.05, 3.63) is 47.5 Å². The first-order valence-electron chi connectivity index (χ1n) is 14.1. The molecule has 1 fully saturated rings. The van der Waals surface area contributed by atoms with E-state index in [4.69, 9.17) is 0 Å². The number of methoxy groups -OCH3 is 1. The van der Waals surface area contributed by atoms with E-state index in [1.807, 2.05) is 23.1 Å². The molecule has 2 aromatic carbocycles. The lowest BCUT2D eigenvalue weighted by atomic mass is 9.86. The highest BCUT2D eigenvalue weighted by molar-refractivity contribution is 5.88. The molecule has 2 N–H and O–H groups in total. The van der Waals surface area contributed by atoms with Gasteiger partial charge >= 0.3 is 6.09 Å². The van der Waals surface area contributed by atoms with Crippen LogP contribution in [-0.4, -0.2) is 47.2 Å². The number of carbonyl (C=O) groups excluding carboxylic acids is 2. The number of ether oxygens (including phenoxy) is 1. The molecule has 0 radical (unpaired) electrons. The quantitative estimate of drug-likeness (QED) is 0.282. The van der Waals surface area contributed by atoms with Gasteiger partial charge in [-0.1, -0.05) is 38.5 Å². The average molecular weight is 537 g/mol. The van der Waals surface area contributed by atoms with Gasteiger partial charge in [0.15, 0.2) is 0 Å². The minimum Gasteiger partial charge on any atom is -0.453 e. The van der Waals surface area contributed by atoms with E-state index in [-0.39, 0.29) is 24.4 Å². The van der Waals surface area contributed by atoms with Crippen molar-refractivity contribution in [1.29, 1.82) is 0 Å². The Morgan fingerprint density at radius 1 is 1.15 bits per heavy atom. The molecule has 0 spiro atoms. The van der Waals surface area contributed by atoms with E-state index in [2.05, 4.69) is 59.0 Å². The van der Waals surface area contributed by atoms with Crippen LogP contribution in [0.5, 0.6) is 0 Å². The SMILES string of the molecule is CCCN(Cc1cc(-c2ccc3nc(NC(=O)OC)[nH]c3c2)ccc1C)C(=O)C(C)C1CCCC(CF)CC1. The summed E-state index contributed by atoms with van der Waals surface area (Å²) in [6.07, 6.45) is 5.08. The summed E-state index contributed by atoms with van der Waals surface area (Å²) in [5, 5.41) is 2.56. The number of hydrogen-bond acceptors (Lipinski definition) is 4. The van der Waals surface area contributed by atoms with E-state index in [9.17, 15) is 14.0 Å². The van der Waals surface area contributed by atoms with Crippen molar-refractivity contribution < 1.29 is 18.7 Å². The van der Waals surface area contributed by atoms with Gasteiger partial charge < -0.3 is 14.6 Å². The standard InChI is InChI=1S/C31H41FN4O3/c1-5-15-36(29(37)21(3)23-8-6-7-22(18-32)10-12-23)19-26-16-24(11-9-20(26)2)25-13-14-27-28(17-25)34-30(33-27)35-31(38)39-4/h9,11,13-14,16-17,21-23H,5-8,10,12,15,18-19H2,1-4H3,(H2,33,34,35,38). The molecule has 2 amide bonds. The fourth-order valence-electron chi connectivity index (χ4n) is 5.71. The number of nitrogens with one attached hydrogen (secondary N) is 2. The number of nitrogens with zero attached hydrogens (tertiary/aromatic N) is 2. The number of anilines is 1. The molecule has 1 saturated carbocycles. The lowest BCUT2D eigenvalue weighted by molar-refractivity contribution is -0.137. The maximum absolute atomic E-state index is 13.7. The van der Waals surface area contributed by atoms with E-state index in [1.165, 1.54) is 7.11 Å². The molecule has 210 valence electrons. The molecule has 1 aliphatic carbocycles. The number of rotatable bonds is 9. The zero-order valence-corrected chi connectivity index (χ0v) is 23.6. The first-order valence-corrected chi connectivity index (χ1v) is 14.1. The van der Waals surface area contributed by atoms with Gasteiger partial charge in [0.1, 0.15) is 0 Å². The minimum absolute atomic E-state index is 0.0611.